The van der Waals surface area contributed by atoms with Gasteiger partial charge in [-0.05, 0) is 46.3 Å². The van der Waals surface area contributed by atoms with Crippen LogP contribution in [0.25, 0.3) is 0 Å². The molecule has 2 aromatic rings. The van der Waals surface area contributed by atoms with Crippen LogP contribution in [0.15, 0.2) is 45.8 Å². The molecule has 0 aromatic heterocycles. The quantitative estimate of drug-likeness (QED) is 0.782. The molecule has 0 bridgehead atoms. The van der Waals surface area contributed by atoms with E-state index in [1.54, 1.807) is 18.2 Å². The largest absolute Gasteiger partial charge is 0.495 e. The van der Waals surface area contributed by atoms with Gasteiger partial charge in [-0.2, -0.15) is 0 Å². The fourth-order valence-corrected chi connectivity index (χ4v) is 3.68. The summed E-state index contributed by atoms with van der Waals surface area (Å²) >= 11 is 9.23. The topological polar surface area (TPSA) is 81.4 Å². The Kier molecular flexibility index (Phi) is 4.65. The molecule has 0 spiro atoms. The van der Waals surface area contributed by atoms with Crippen LogP contribution in [-0.2, 0) is 10.0 Å². The second-order valence-electron chi connectivity index (χ2n) is 4.14. The Morgan fingerprint density at radius 2 is 1.95 bits per heavy atom. The van der Waals surface area contributed by atoms with Gasteiger partial charge in [-0.1, -0.05) is 11.6 Å². The molecule has 0 saturated heterocycles. The Morgan fingerprint density at radius 1 is 1.24 bits per heavy atom. The number of nitrogens with one attached hydrogen (secondary N) is 1. The average molecular weight is 392 g/mol. The lowest BCUT2D eigenvalue weighted by atomic mass is 10.3. The van der Waals surface area contributed by atoms with Gasteiger partial charge < -0.3 is 10.5 Å². The average Bonchev–Trinajstić information content (AvgIpc) is 2.40. The van der Waals surface area contributed by atoms with E-state index in [-0.39, 0.29) is 9.92 Å². The molecule has 0 heterocycles. The van der Waals surface area contributed by atoms with Gasteiger partial charge in [0.1, 0.15) is 10.6 Å². The third-order valence-electron chi connectivity index (χ3n) is 2.65. The third kappa shape index (κ3) is 3.61. The van der Waals surface area contributed by atoms with Crippen molar-refractivity contribution in [1.29, 1.82) is 0 Å². The van der Waals surface area contributed by atoms with Gasteiger partial charge in [0.2, 0.25) is 0 Å². The van der Waals surface area contributed by atoms with E-state index >= 15 is 0 Å². The SMILES string of the molecule is COc1cc(NS(=O)(=O)c2ccc(N)cc2Cl)ccc1Br. The molecular formula is C13H12BrClN2O3S. The molecule has 0 aliphatic heterocycles. The summed E-state index contributed by atoms with van der Waals surface area (Å²) in [6.45, 7) is 0. The van der Waals surface area contributed by atoms with Crippen molar-refractivity contribution in [3.63, 3.8) is 0 Å². The zero-order valence-corrected chi connectivity index (χ0v) is 14.1. The number of nitrogens with two attached hydrogens (primary N) is 1. The summed E-state index contributed by atoms with van der Waals surface area (Å²) in [5.41, 5.74) is 6.31. The van der Waals surface area contributed by atoms with Gasteiger partial charge in [0.25, 0.3) is 10.0 Å². The molecule has 112 valence electrons. The Balaban J connectivity index is 2.37. The van der Waals surface area contributed by atoms with Crippen LogP contribution in [0.4, 0.5) is 11.4 Å². The highest BCUT2D eigenvalue weighted by Crippen LogP contribution is 2.30. The molecule has 0 saturated carbocycles. The molecule has 0 unspecified atom stereocenters. The van der Waals surface area contributed by atoms with Crippen LogP contribution >= 0.6 is 27.5 Å². The fraction of sp³-hybridized carbons (Fsp3) is 0.0769. The van der Waals surface area contributed by atoms with Crippen molar-refractivity contribution >= 4 is 48.9 Å². The zero-order valence-electron chi connectivity index (χ0n) is 10.9. The van der Waals surface area contributed by atoms with Gasteiger partial charge in [0.05, 0.1) is 22.3 Å². The Bertz CT molecular complexity index is 781. The van der Waals surface area contributed by atoms with Crippen molar-refractivity contribution in [1.82, 2.24) is 0 Å². The molecule has 2 aromatic carbocycles. The van der Waals surface area contributed by atoms with Gasteiger partial charge in [0.15, 0.2) is 0 Å². The number of ether oxygens (including phenoxy) is 1. The number of methoxy groups -OCH3 is 1. The van der Waals surface area contributed by atoms with Gasteiger partial charge in [-0.25, -0.2) is 8.42 Å². The molecule has 8 heteroatoms. The number of sulfonamides is 1. The fourth-order valence-electron chi connectivity index (χ4n) is 1.67. The van der Waals surface area contributed by atoms with Crippen LogP contribution in [-0.4, -0.2) is 15.5 Å². The van der Waals surface area contributed by atoms with Crippen molar-refractivity contribution in [2.45, 2.75) is 4.90 Å². The van der Waals surface area contributed by atoms with Crippen molar-refractivity contribution in [2.75, 3.05) is 17.6 Å². The Hall–Kier alpha value is -1.44. The van der Waals surface area contributed by atoms with Gasteiger partial charge in [-0.3, -0.25) is 4.72 Å². The smallest absolute Gasteiger partial charge is 0.263 e. The molecular weight excluding hydrogens is 380 g/mol. The van der Waals surface area contributed by atoms with E-state index in [1.165, 1.54) is 25.3 Å². The highest BCUT2D eigenvalue weighted by Gasteiger charge is 2.18. The number of rotatable bonds is 4. The van der Waals surface area contributed by atoms with Crippen LogP contribution < -0.4 is 15.2 Å². The van der Waals surface area contributed by atoms with Crippen LogP contribution in [0.2, 0.25) is 5.02 Å². The van der Waals surface area contributed by atoms with E-state index in [2.05, 4.69) is 20.7 Å². The Morgan fingerprint density at radius 3 is 2.57 bits per heavy atom. The zero-order chi connectivity index (χ0) is 15.6. The molecule has 0 atom stereocenters. The van der Waals surface area contributed by atoms with Gasteiger partial charge in [-0.15, -0.1) is 0 Å². The first-order chi connectivity index (χ1) is 9.83. The number of benzene rings is 2. The van der Waals surface area contributed by atoms with E-state index in [0.29, 0.717) is 17.1 Å². The van der Waals surface area contributed by atoms with Gasteiger partial charge >= 0.3 is 0 Å². The minimum atomic E-state index is -3.81. The molecule has 5 nitrogen and oxygen atoms in total. The molecule has 0 radical (unpaired) electrons. The van der Waals surface area contributed by atoms with Crippen LogP contribution in [0, 0.1) is 0 Å². The van der Waals surface area contributed by atoms with Crippen molar-refractivity contribution in [3.05, 3.63) is 45.9 Å². The minimum Gasteiger partial charge on any atom is -0.495 e. The molecule has 0 amide bonds. The lowest BCUT2D eigenvalue weighted by molar-refractivity contribution is 0.412. The first-order valence-electron chi connectivity index (χ1n) is 5.75. The van der Waals surface area contributed by atoms with E-state index in [9.17, 15) is 8.42 Å². The van der Waals surface area contributed by atoms with E-state index in [0.717, 1.165) is 4.47 Å². The number of hydrogen-bond acceptors (Lipinski definition) is 4. The number of anilines is 2. The van der Waals surface area contributed by atoms with Gasteiger partial charge in [0, 0.05) is 11.8 Å². The molecule has 2 rings (SSSR count). The molecule has 0 fully saturated rings. The normalized spacial score (nSPS) is 11.2. The summed E-state index contributed by atoms with van der Waals surface area (Å²) in [5.74, 6) is 0.513. The monoisotopic (exact) mass is 390 g/mol. The Labute approximate surface area is 136 Å². The van der Waals surface area contributed by atoms with Crippen molar-refractivity contribution < 1.29 is 13.2 Å². The lowest BCUT2D eigenvalue weighted by Crippen LogP contribution is -2.13. The highest BCUT2D eigenvalue weighted by atomic mass is 79.9. The first-order valence-corrected chi connectivity index (χ1v) is 8.40. The maximum Gasteiger partial charge on any atom is 0.263 e. The number of nitrogen functional groups attached to an aromatic ring is 1. The second-order valence-corrected chi connectivity index (χ2v) is 7.06. The van der Waals surface area contributed by atoms with E-state index in [4.69, 9.17) is 22.1 Å². The first kappa shape index (κ1) is 15.9. The summed E-state index contributed by atoms with van der Waals surface area (Å²) in [6.07, 6.45) is 0. The highest BCUT2D eigenvalue weighted by molar-refractivity contribution is 9.10. The maximum atomic E-state index is 12.3. The van der Waals surface area contributed by atoms with Crippen LogP contribution in [0.5, 0.6) is 5.75 Å². The predicted molar refractivity (Wildman–Crippen MR) is 87.4 cm³/mol. The second kappa shape index (κ2) is 6.13. The van der Waals surface area contributed by atoms with Crippen LogP contribution in [0.1, 0.15) is 0 Å². The molecule has 21 heavy (non-hydrogen) atoms. The summed E-state index contributed by atoms with van der Waals surface area (Å²) in [5, 5.41) is 0.0616. The van der Waals surface area contributed by atoms with E-state index < -0.39 is 10.0 Å². The predicted octanol–water partition coefficient (Wildman–Crippen LogP) is 3.49. The minimum absolute atomic E-state index is 0.0414. The molecule has 0 aliphatic rings. The molecule has 3 N–H and O–H groups in total. The summed E-state index contributed by atoms with van der Waals surface area (Å²) < 4.78 is 32.9. The third-order valence-corrected chi connectivity index (χ3v) is 5.17. The summed E-state index contributed by atoms with van der Waals surface area (Å²) in [4.78, 5) is -0.0414. The van der Waals surface area contributed by atoms with Crippen molar-refractivity contribution in [3.8, 4) is 5.75 Å². The van der Waals surface area contributed by atoms with Crippen LogP contribution in [0.3, 0.4) is 0 Å². The lowest BCUT2D eigenvalue weighted by Gasteiger charge is -2.11. The standard InChI is InChI=1S/C13H12BrClN2O3S/c1-20-12-7-9(3-4-10(12)14)17-21(18,19)13-5-2-8(16)6-11(13)15/h2-7,17H,16H2,1H3. The summed E-state index contributed by atoms with van der Waals surface area (Å²) in [7, 11) is -2.31. The molecule has 0 aliphatic carbocycles. The summed E-state index contributed by atoms with van der Waals surface area (Å²) in [6, 6.07) is 9.07. The number of hydrogen-bond donors (Lipinski definition) is 2. The maximum absolute atomic E-state index is 12.3. The number of halogens is 2. The van der Waals surface area contributed by atoms with Crippen molar-refractivity contribution in [2.24, 2.45) is 0 Å². The van der Waals surface area contributed by atoms with E-state index in [1.807, 2.05) is 0 Å².